The normalized spacial score (nSPS) is 23.8. The molecule has 0 aromatic heterocycles. The van der Waals surface area contributed by atoms with Gasteiger partial charge in [-0.05, 0) is 19.8 Å². The molecule has 0 aliphatic carbocycles. The maximum absolute atomic E-state index is 12.1. The Hall–Kier alpha value is -1.10. The summed E-state index contributed by atoms with van der Waals surface area (Å²) in [4.78, 5) is 26.5. The van der Waals surface area contributed by atoms with Crippen molar-refractivity contribution in [2.24, 2.45) is 0 Å². The van der Waals surface area contributed by atoms with Crippen LogP contribution < -0.4 is 0 Å². The van der Waals surface area contributed by atoms with E-state index in [4.69, 9.17) is 5.11 Å². The van der Waals surface area contributed by atoms with Crippen LogP contribution in [0.1, 0.15) is 33.1 Å². The van der Waals surface area contributed by atoms with Gasteiger partial charge in [-0.15, -0.1) is 0 Å². The Kier molecular flexibility index (Phi) is 4.93. The van der Waals surface area contributed by atoms with Gasteiger partial charge in [0.25, 0.3) is 0 Å². The standard InChI is InChI=1S/C12H22N2O3/c1-4-9(2)14-8-7-13(3)12(17)10(14)5-6-11(15)16/h9-10H,4-8H2,1-3H3,(H,15,16). The van der Waals surface area contributed by atoms with Crippen molar-refractivity contribution in [1.29, 1.82) is 0 Å². The fourth-order valence-electron chi connectivity index (χ4n) is 2.24. The summed E-state index contributed by atoms with van der Waals surface area (Å²) in [5.74, 6) is -0.784. The zero-order chi connectivity index (χ0) is 13.0. The van der Waals surface area contributed by atoms with Crippen molar-refractivity contribution in [3.05, 3.63) is 0 Å². The first-order chi connectivity index (χ1) is 7.97. The smallest absolute Gasteiger partial charge is 0.303 e. The van der Waals surface area contributed by atoms with E-state index in [1.54, 1.807) is 11.9 Å². The molecule has 0 radical (unpaired) electrons. The molecule has 2 unspecified atom stereocenters. The third-order valence-electron chi connectivity index (χ3n) is 3.54. The second-order valence-electron chi connectivity index (χ2n) is 4.70. The van der Waals surface area contributed by atoms with Crippen LogP contribution >= 0.6 is 0 Å². The van der Waals surface area contributed by atoms with Crippen LogP contribution in [0.3, 0.4) is 0 Å². The largest absolute Gasteiger partial charge is 0.481 e. The molecule has 98 valence electrons. The van der Waals surface area contributed by atoms with E-state index in [0.717, 1.165) is 19.5 Å². The minimum absolute atomic E-state index is 0.0528. The number of carbonyl (C=O) groups excluding carboxylic acids is 1. The minimum Gasteiger partial charge on any atom is -0.481 e. The van der Waals surface area contributed by atoms with Gasteiger partial charge in [0.1, 0.15) is 0 Å². The average molecular weight is 242 g/mol. The molecule has 1 saturated heterocycles. The Bertz CT molecular complexity index is 293. The van der Waals surface area contributed by atoms with Crippen LogP contribution in [0.4, 0.5) is 0 Å². The summed E-state index contributed by atoms with van der Waals surface area (Å²) in [5, 5.41) is 8.73. The Morgan fingerprint density at radius 3 is 2.71 bits per heavy atom. The Labute approximate surface area is 102 Å². The molecule has 17 heavy (non-hydrogen) atoms. The number of hydrogen-bond donors (Lipinski definition) is 1. The van der Waals surface area contributed by atoms with E-state index in [2.05, 4.69) is 18.7 Å². The molecule has 0 spiro atoms. The third-order valence-corrected chi connectivity index (χ3v) is 3.54. The second kappa shape index (κ2) is 6.00. The van der Waals surface area contributed by atoms with E-state index in [0.29, 0.717) is 12.5 Å². The van der Waals surface area contributed by atoms with E-state index < -0.39 is 5.97 Å². The topological polar surface area (TPSA) is 60.9 Å². The fourth-order valence-corrected chi connectivity index (χ4v) is 2.24. The van der Waals surface area contributed by atoms with Gasteiger partial charge in [0.05, 0.1) is 6.04 Å². The van der Waals surface area contributed by atoms with Gasteiger partial charge < -0.3 is 10.0 Å². The minimum atomic E-state index is -0.838. The average Bonchev–Trinajstić information content (AvgIpc) is 2.29. The van der Waals surface area contributed by atoms with Crippen molar-refractivity contribution in [2.45, 2.75) is 45.2 Å². The quantitative estimate of drug-likeness (QED) is 0.774. The van der Waals surface area contributed by atoms with Crippen molar-refractivity contribution >= 4 is 11.9 Å². The summed E-state index contributed by atoms with van der Waals surface area (Å²) in [6.07, 6.45) is 1.43. The zero-order valence-corrected chi connectivity index (χ0v) is 10.8. The molecule has 0 aromatic carbocycles. The molecule has 1 rings (SSSR count). The first-order valence-electron chi connectivity index (χ1n) is 6.19. The number of likely N-dealkylation sites (N-methyl/N-ethyl adjacent to an activating group) is 1. The number of amides is 1. The molecule has 5 heteroatoms. The Balaban J connectivity index is 2.73. The lowest BCUT2D eigenvalue weighted by atomic mass is 10.0. The van der Waals surface area contributed by atoms with E-state index in [9.17, 15) is 9.59 Å². The number of nitrogens with zero attached hydrogens (tertiary/aromatic N) is 2. The zero-order valence-electron chi connectivity index (χ0n) is 10.8. The predicted octanol–water partition coefficient (Wildman–Crippen LogP) is 0.792. The molecule has 1 N–H and O–H groups in total. The lowest BCUT2D eigenvalue weighted by Gasteiger charge is -2.42. The number of hydrogen-bond acceptors (Lipinski definition) is 3. The van der Waals surface area contributed by atoms with Gasteiger partial charge in [-0.2, -0.15) is 0 Å². The molecule has 1 amide bonds. The first-order valence-corrected chi connectivity index (χ1v) is 6.19. The highest BCUT2D eigenvalue weighted by molar-refractivity contribution is 5.83. The lowest BCUT2D eigenvalue weighted by Crippen LogP contribution is -2.58. The highest BCUT2D eigenvalue weighted by atomic mass is 16.4. The van der Waals surface area contributed by atoms with E-state index >= 15 is 0 Å². The van der Waals surface area contributed by atoms with Gasteiger partial charge in [0.15, 0.2) is 0 Å². The van der Waals surface area contributed by atoms with Crippen LogP contribution in [0, 0.1) is 0 Å². The maximum Gasteiger partial charge on any atom is 0.303 e. The van der Waals surface area contributed by atoms with Crippen LogP contribution in [0.2, 0.25) is 0 Å². The van der Waals surface area contributed by atoms with Gasteiger partial charge in [-0.25, -0.2) is 0 Å². The van der Waals surface area contributed by atoms with Gasteiger partial charge in [0.2, 0.25) is 5.91 Å². The molecule has 1 aliphatic heterocycles. The second-order valence-corrected chi connectivity index (χ2v) is 4.70. The summed E-state index contributed by atoms with van der Waals surface area (Å²) in [5.41, 5.74) is 0. The summed E-state index contributed by atoms with van der Waals surface area (Å²) < 4.78 is 0. The predicted molar refractivity (Wildman–Crippen MR) is 64.8 cm³/mol. The molecular weight excluding hydrogens is 220 g/mol. The van der Waals surface area contributed by atoms with Gasteiger partial charge in [0, 0.05) is 32.6 Å². The van der Waals surface area contributed by atoms with Crippen LogP contribution in [-0.2, 0) is 9.59 Å². The lowest BCUT2D eigenvalue weighted by molar-refractivity contribution is -0.143. The summed E-state index contributed by atoms with van der Waals surface area (Å²) in [7, 11) is 1.78. The molecular formula is C12H22N2O3. The molecule has 1 aliphatic rings. The molecule has 0 bridgehead atoms. The van der Waals surface area contributed by atoms with Crippen LogP contribution in [-0.4, -0.2) is 59.0 Å². The Morgan fingerprint density at radius 1 is 1.53 bits per heavy atom. The van der Waals surface area contributed by atoms with Gasteiger partial charge in [-0.1, -0.05) is 6.92 Å². The first kappa shape index (κ1) is 14.0. The van der Waals surface area contributed by atoms with Crippen molar-refractivity contribution < 1.29 is 14.7 Å². The van der Waals surface area contributed by atoms with Crippen molar-refractivity contribution in [1.82, 2.24) is 9.80 Å². The molecule has 0 aromatic rings. The van der Waals surface area contributed by atoms with E-state index in [1.807, 2.05) is 0 Å². The van der Waals surface area contributed by atoms with E-state index in [1.165, 1.54) is 0 Å². The number of carboxylic acids is 1. The van der Waals surface area contributed by atoms with Crippen molar-refractivity contribution in [3.63, 3.8) is 0 Å². The van der Waals surface area contributed by atoms with Gasteiger partial charge >= 0.3 is 5.97 Å². The Morgan fingerprint density at radius 2 is 2.18 bits per heavy atom. The summed E-state index contributed by atoms with van der Waals surface area (Å²) in [6.45, 7) is 5.74. The number of carboxylic acid groups (broad SMARTS) is 1. The number of rotatable bonds is 5. The maximum atomic E-state index is 12.1. The highest BCUT2D eigenvalue weighted by Gasteiger charge is 2.34. The van der Waals surface area contributed by atoms with Crippen molar-refractivity contribution in [3.8, 4) is 0 Å². The summed E-state index contributed by atoms with van der Waals surface area (Å²) in [6, 6.07) is 0.0613. The molecule has 5 nitrogen and oxygen atoms in total. The van der Waals surface area contributed by atoms with E-state index in [-0.39, 0.29) is 18.4 Å². The summed E-state index contributed by atoms with van der Waals surface area (Å²) >= 11 is 0. The third kappa shape index (κ3) is 3.43. The van der Waals surface area contributed by atoms with Crippen LogP contribution in [0.15, 0.2) is 0 Å². The highest BCUT2D eigenvalue weighted by Crippen LogP contribution is 2.19. The molecule has 1 heterocycles. The van der Waals surface area contributed by atoms with Crippen molar-refractivity contribution in [2.75, 3.05) is 20.1 Å². The number of carbonyl (C=O) groups is 2. The number of piperazine rings is 1. The molecule has 1 fully saturated rings. The molecule has 0 saturated carbocycles. The monoisotopic (exact) mass is 242 g/mol. The SMILES string of the molecule is CCC(C)N1CCN(C)C(=O)C1CCC(=O)O. The van der Waals surface area contributed by atoms with Crippen LogP contribution in [0.5, 0.6) is 0 Å². The van der Waals surface area contributed by atoms with Crippen LogP contribution in [0.25, 0.3) is 0 Å². The molecule has 2 atom stereocenters. The van der Waals surface area contributed by atoms with Gasteiger partial charge in [-0.3, -0.25) is 14.5 Å². The number of aliphatic carboxylic acids is 1. The fraction of sp³-hybridized carbons (Fsp3) is 0.833.